The molecule has 1 amide bonds. The van der Waals surface area contributed by atoms with Gasteiger partial charge in [0.25, 0.3) is 5.91 Å². The first-order chi connectivity index (χ1) is 10.1. The number of amides is 1. The largest absolute Gasteiger partial charge is 0.506 e. The van der Waals surface area contributed by atoms with Gasteiger partial charge in [-0.05, 0) is 6.07 Å². The van der Waals surface area contributed by atoms with Gasteiger partial charge in [0.1, 0.15) is 18.0 Å². The number of carbonyl (C=O) groups excluding carboxylic acids is 1. The Morgan fingerprint density at radius 3 is 2.81 bits per heavy atom. The Labute approximate surface area is 126 Å². The van der Waals surface area contributed by atoms with Crippen LogP contribution in [-0.2, 0) is 16.1 Å². The monoisotopic (exact) mass is 313 g/mol. The number of hydrogen-bond donors (Lipinski definition) is 2. The molecule has 8 heteroatoms. The van der Waals surface area contributed by atoms with E-state index in [1.165, 1.54) is 10.4 Å². The Hall–Kier alpha value is -1.51. The highest BCUT2D eigenvalue weighted by atomic mass is 32.2. The van der Waals surface area contributed by atoms with Gasteiger partial charge in [0.05, 0.1) is 25.3 Å². The van der Waals surface area contributed by atoms with E-state index in [1.807, 2.05) is 0 Å². The predicted octanol–water partition coefficient (Wildman–Crippen LogP) is 0.863. The molecule has 0 atom stereocenters. The Morgan fingerprint density at radius 2 is 2.14 bits per heavy atom. The van der Waals surface area contributed by atoms with Gasteiger partial charge in [-0.3, -0.25) is 18.7 Å². The summed E-state index contributed by atoms with van der Waals surface area (Å²) in [6.45, 7) is 3.29. The maximum Gasteiger partial charge on any atom is 0.251 e. The number of morpholine rings is 1. The molecule has 114 valence electrons. The molecule has 3 rings (SSSR count). The number of phenolic OH excluding ortho intramolecular Hbond substituents is 1. The van der Waals surface area contributed by atoms with Crippen LogP contribution in [0.1, 0.15) is 5.56 Å². The fraction of sp³-hybridized carbons (Fsp3) is 0.462. The van der Waals surface area contributed by atoms with Crippen molar-refractivity contribution in [3.8, 4) is 5.75 Å². The molecule has 1 aromatic carbocycles. The van der Waals surface area contributed by atoms with Gasteiger partial charge in [0, 0.05) is 25.2 Å². The normalized spacial score (nSPS) is 19.9. The molecule has 1 aromatic rings. The summed E-state index contributed by atoms with van der Waals surface area (Å²) in [6, 6.07) is 3.05. The third-order valence-electron chi connectivity index (χ3n) is 3.48. The van der Waals surface area contributed by atoms with Crippen molar-refractivity contribution in [2.75, 3.05) is 37.2 Å². The number of hydrogen-bond acceptors (Lipinski definition) is 6. The Bertz CT molecular complexity index is 552. The predicted molar refractivity (Wildman–Crippen MR) is 77.2 cm³/mol. The Morgan fingerprint density at radius 1 is 1.38 bits per heavy atom. The first kappa shape index (κ1) is 14.4. The van der Waals surface area contributed by atoms with Gasteiger partial charge in [-0.1, -0.05) is 6.07 Å². The fourth-order valence-corrected chi connectivity index (χ4v) is 3.10. The second kappa shape index (κ2) is 6.08. The zero-order chi connectivity index (χ0) is 14.8. The smallest absolute Gasteiger partial charge is 0.251 e. The topological polar surface area (TPSA) is 65.0 Å². The van der Waals surface area contributed by atoms with Crippen LogP contribution in [-0.4, -0.2) is 48.8 Å². The minimum absolute atomic E-state index is 0.0240. The number of anilines is 1. The van der Waals surface area contributed by atoms with Crippen LogP contribution >= 0.6 is 12.1 Å². The van der Waals surface area contributed by atoms with Gasteiger partial charge < -0.3 is 9.84 Å². The van der Waals surface area contributed by atoms with E-state index in [0.29, 0.717) is 25.3 Å². The molecule has 0 radical (unpaired) electrons. The summed E-state index contributed by atoms with van der Waals surface area (Å²) in [6.07, 6.45) is 0. The van der Waals surface area contributed by atoms with E-state index in [9.17, 15) is 14.3 Å². The molecule has 0 spiro atoms. The molecule has 6 nitrogen and oxygen atoms in total. The number of halogens is 1. The number of ether oxygens (including phenoxy) is 1. The maximum absolute atomic E-state index is 14.7. The molecule has 2 aliphatic heterocycles. The maximum atomic E-state index is 14.7. The van der Waals surface area contributed by atoms with E-state index < -0.39 is 5.82 Å². The summed E-state index contributed by atoms with van der Waals surface area (Å²) >= 11 is 0.987. The lowest BCUT2D eigenvalue weighted by molar-refractivity contribution is -0.117. The first-order valence-corrected chi connectivity index (χ1v) is 7.46. The summed E-state index contributed by atoms with van der Waals surface area (Å²) in [5, 5.41) is 9.90. The van der Waals surface area contributed by atoms with Crippen LogP contribution in [0.2, 0.25) is 0 Å². The molecule has 0 aliphatic carbocycles. The number of benzene rings is 1. The van der Waals surface area contributed by atoms with Crippen molar-refractivity contribution in [3.05, 3.63) is 23.5 Å². The van der Waals surface area contributed by atoms with Crippen LogP contribution in [0, 0.1) is 5.82 Å². The van der Waals surface area contributed by atoms with Crippen LogP contribution in [0.4, 0.5) is 10.1 Å². The standard InChI is InChI=1S/C13H16FN3O3S/c14-12-9(7-16-3-5-20-6-4-16)1-2-10(18)13(12)17-8-11(19)15-21-17/h1-2,18H,3-8H2,(H,15,19). The lowest BCUT2D eigenvalue weighted by atomic mass is 10.1. The second-order valence-electron chi connectivity index (χ2n) is 4.95. The fourth-order valence-electron chi connectivity index (χ4n) is 2.38. The average molecular weight is 313 g/mol. The van der Waals surface area contributed by atoms with Crippen molar-refractivity contribution in [3.63, 3.8) is 0 Å². The number of nitrogens with one attached hydrogen (secondary N) is 1. The van der Waals surface area contributed by atoms with Crippen LogP contribution in [0.25, 0.3) is 0 Å². The van der Waals surface area contributed by atoms with Gasteiger partial charge >= 0.3 is 0 Å². The van der Waals surface area contributed by atoms with Gasteiger partial charge in [0.2, 0.25) is 0 Å². The summed E-state index contributed by atoms with van der Waals surface area (Å²) in [7, 11) is 0. The van der Waals surface area contributed by atoms with Gasteiger partial charge in [-0.2, -0.15) is 0 Å². The van der Waals surface area contributed by atoms with E-state index in [0.717, 1.165) is 25.2 Å². The lowest BCUT2D eigenvalue weighted by Crippen LogP contribution is -2.36. The van der Waals surface area contributed by atoms with Crippen LogP contribution < -0.4 is 9.03 Å². The third-order valence-corrected chi connectivity index (χ3v) is 4.33. The molecular weight excluding hydrogens is 297 g/mol. The SMILES string of the molecule is O=C1CN(c2c(O)ccc(CN3CCOCC3)c2F)SN1. The molecule has 2 N–H and O–H groups in total. The quantitative estimate of drug-likeness (QED) is 0.807. The van der Waals surface area contributed by atoms with Gasteiger partial charge in [0.15, 0.2) is 5.82 Å². The zero-order valence-corrected chi connectivity index (χ0v) is 12.2. The molecule has 0 saturated carbocycles. The number of nitrogens with zero attached hydrogens (tertiary/aromatic N) is 2. The number of aromatic hydroxyl groups is 1. The molecule has 0 aromatic heterocycles. The number of carbonyl (C=O) groups is 1. The summed E-state index contributed by atoms with van der Waals surface area (Å²) < 4.78 is 23.9. The van der Waals surface area contributed by atoms with Crippen molar-refractivity contribution in [2.45, 2.75) is 6.54 Å². The van der Waals surface area contributed by atoms with E-state index in [2.05, 4.69) is 9.62 Å². The Balaban J connectivity index is 1.83. The molecular formula is C13H16FN3O3S. The molecule has 2 aliphatic rings. The molecule has 21 heavy (non-hydrogen) atoms. The number of phenols is 1. The minimum Gasteiger partial charge on any atom is -0.506 e. The zero-order valence-electron chi connectivity index (χ0n) is 11.3. The molecule has 2 heterocycles. The van der Waals surface area contributed by atoms with Crippen molar-refractivity contribution in [2.24, 2.45) is 0 Å². The molecule has 0 bridgehead atoms. The van der Waals surface area contributed by atoms with Crippen LogP contribution in [0.3, 0.4) is 0 Å². The van der Waals surface area contributed by atoms with Crippen molar-refractivity contribution in [1.82, 2.24) is 9.62 Å². The van der Waals surface area contributed by atoms with Crippen molar-refractivity contribution < 1.29 is 19.0 Å². The molecule has 0 unspecified atom stereocenters. The van der Waals surface area contributed by atoms with Gasteiger partial charge in [-0.15, -0.1) is 0 Å². The molecule has 2 saturated heterocycles. The van der Waals surface area contributed by atoms with Crippen molar-refractivity contribution >= 4 is 23.7 Å². The highest BCUT2D eigenvalue weighted by Crippen LogP contribution is 2.37. The first-order valence-electron chi connectivity index (χ1n) is 6.69. The third kappa shape index (κ3) is 3.07. The Kier molecular flexibility index (Phi) is 4.18. The van der Waals surface area contributed by atoms with E-state index >= 15 is 0 Å². The van der Waals surface area contributed by atoms with Gasteiger partial charge in [-0.25, -0.2) is 4.39 Å². The summed E-state index contributed by atoms with van der Waals surface area (Å²) in [5.41, 5.74) is 0.564. The lowest BCUT2D eigenvalue weighted by Gasteiger charge is -2.27. The number of rotatable bonds is 3. The van der Waals surface area contributed by atoms with E-state index in [4.69, 9.17) is 4.74 Å². The molecule has 2 fully saturated rings. The highest BCUT2D eigenvalue weighted by molar-refractivity contribution is 7.99. The van der Waals surface area contributed by atoms with Crippen LogP contribution in [0.15, 0.2) is 12.1 Å². The average Bonchev–Trinajstić information content (AvgIpc) is 2.90. The second-order valence-corrected chi connectivity index (χ2v) is 5.78. The minimum atomic E-state index is -0.481. The van der Waals surface area contributed by atoms with E-state index in [1.54, 1.807) is 6.07 Å². The summed E-state index contributed by atoms with van der Waals surface area (Å²) in [5.74, 6) is -0.856. The van der Waals surface area contributed by atoms with Crippen molar-refractivity contribution in [1.29, 1.82) is 0 Å². The van der Waals surface area contributed by atoms with E-state index in [-0.39, 0.29) is 23.9 Å². The summed E-state index contributed by atoms with van der Waals surface area (Å²) in [4.78, 5) is 13.4. The highest BCUT2D eigenvalue weighted by Gasteiger charge is 2.27. The van der Waals surface area contributed by atoms with Crippen LogP contribution in [0.5, 0.6) is 5.75 Å².